The van der Waals surface area contributed by atoms with Gasteiger partial charge in [0.2, 0.25) is 0 Å². The molecule has 2 aromatic carbocycles. The predicted molar refractivity (Wildman–Crippen MR) is 105 cm³/mol. The van der Waals surface area contributed by atoms with Gasteiger partial charge in [0.1, 0.15) is 11.6 Å². The zero-order valence-corrected chi connectivity index (χ0v) is 15.8. The topological polar surface area (TPSA) is 49.0 Å². The number of nitrogens with one attached hydrogen (secondary N) is 1. The smallest absolute Gasteiger partial charge is 0.254 e. The molecule has 0 saturated heterocycles. The minimum Gasteiger partial charge on any atom is -0.306 e. The molecule has 0 saturated carbocycles. The summed E-state index contributed by atoms with van der Waals surface area (Å²) in [6.07, 6.45) is 0.619. The molecule has 0 aliphatic carbocycles. The lowest BCUT2D eigenvalue weighted by Crippen LogP contribution is -2.35. The highest BCUT2D eigenvalue weighted by Crippen LogP contribution is 2.23. The molecule has 0 spiro atoms. The van der Waals surface area contributed by atoms with Crippen molar-refractivity contribution in [3.05, 3.63) is 85.5 Å². The van der Waals surface area contributed by atoms with Gasteiger partial charge in [0.05, 0.1) is 10.7 Å². The summed E-state index contributed by atoms with van der Waals surface area (Å²) >= 11 is 11.8. The van der Waals surface area contributed by atoms with Crippen molar-refractivity contribution in [1.29, 1.82) is 0 Å². The quantitative estimate of drug-likeness (QED) is 0.702. The summed E-state index contributed by atoms with van der Waals surface area (Å²) in [4.78, 5) is 22.2. The highest BCUT2D eigenvalue weighted by atomic mass is 35.5. The van der Waals surface area contributed by atoms with E-state index in [1.165, 1.54) is 6.07 Å². The molecule has 3 aromatic rings. The Bertz CT molecular complexity index is 1050. The van der Waals surface area contributed by atoms with E-state index in [2.05, 4.69) is 14.9 Å². The molecule has 0 fully saturated rings. The van der Waals surface area contributed by atoms with E-state index < -0.39 is 5.82 Å². The van der Waals surface area contributed by atoms with E-state index in [9.17, 15) is 9.18 Å². The van der Waals surface area contributed by atoms with Gasteiger partial charge in [-0.25, -0.2) is 9.37 Å². The Morgan fingerprint density at radius 3 is 2.67 bits per heavy atom. The fourth-order valence-electron chi connectivity index (χ4n) is 3.27. The lowest BCUT2D eigenvalue weighted by molar-refractivity contribution is 0.240. The first-order valence-electron chi connectivity index (χ1n) is 8.54. The van der Waals surface area contributed by atoms with Gasteiger partial charge in [-0.15, -0.1) is 0 Å². The number of aromatic nitrogens is 2. The third-order valence-electron chi connectivity index (χ3n) is 4.66. The first-order valence-corrected chi connectivity index (χ1v) is 9.29. The summed E-state index contributed by atoms with van der Waals surface area (Å²) in [7, 11) is 0. The molecule has 1 N–H and O–H groups in total. The largest absolute Gasteiger partial charge is 0.306 e. The monoisotopic (exact) mass is 403 g/mol. The molecule has 2 heterocycles. The minimum absolute atomic E-state index is 0.102. The molecule has 4 nitrogen and oxygen atoms in total. The maximum atomic E-state index is 13.3. The van der Waals surface area contributed by atoms with Gasteiger partial charge in [-0.1, -0.05) is 29.3 Å². The summed E-state index contributed by atoms with van der Waals surface area (Å²) in [5, 5.41) is 0.743. The number of hydrogen-bond acceptors (Lipinski definition) is 3. The molecule has 0 atom stereocenters. The summed E-state index contributed by atoms with van der Waals surface area (Å²) in [5.41, 5.74) is 3.12. The molecule has 7 heteroatoms. The Kier molecular flexibility index (Phi) is 5.00. The van der Waals surface area contributed by atoms with E-state index in [1.807, 2.05) is 12.1 Å². The summed E-state index contributed by atoms with van der Waals surface area (Å²) in [6.45, 7) is 1.89. The second-order valence-electron chi connectivity index (χ2n) is 6.56. The molecule has 4 rings (SSSR count). The van der Waals surface area contributed by atoms with Crippen LogP contribution in [0.15, 0.2) is 47.3 Å². The second kappa shape index (κ2) is 7.43. The van der Waals surface area contributed by atoms with Crippen molar-refractivity contribution in [2.24, 2.45) is 0 Å². The third kappa shape index (κ3) is 3.90. The van der Waals surface area contributed by atoms with Crippen molar-refractivity contribution in [2.75, 3.05) is 6.54 Å². The van der Waals surface area contributed by atoms with E-state index in [1.54, 1.807) is 24.3 Å². The van der Waals surface area contributed by atoms with Crippen LogP contribution in [0, 0.1) is 5.82 Å². The van der Waals surface area contributed by atoms with Crippen LogP contribution in [0.1, 0.15) is 16.8 Å². The van der Waals surface area contributed by atoms with E-state index >= 15 is 0 Å². The van der Waals surface area contributed by atoms with Crippen molar-refractivity contribution in [2.45, 2.75) is 19.5 Å². The highest BCUT2D eigenvalue weighted by molar-refractivity contribution is 6.31. The first kappa shape index (κ1) is 18.2. The number of halogens is 3. The molecule has 1 aliphatic heterocycles. The standard InChI is InChI=1S/C20H16Cl2FN3O/c21-14-4-2-13(3-5-14)19-24-18-11-26(8-7-15(18)20(27)25-19)10-12-1-6-17(23)16(22)9-12/h1-6,9H,7-8,10-11H2,(H,24,25,27). The van der Waals surface area contributed by atoms with Crippen LogP contribution in [0.4, 0.5) is 4.39 Å². The van der Waals surface area contributed by atoms with Gasteiger partial charge in [0, 0.05) is 35.8 Å². The Morgan fingerprint density at radius 2 is 1.93 bits per heavy atom. The molecule has 0 radical (unpaired) electrons. The van der Waals surface area contributed by atoms with Gasteiger partial charge < -0.3 is 4.98 Å². The fourth-order valence-corrected chi connectivity index (χ4v) is 3.60. The van der Waals surface area contributed by atoms with Crippen molar-refractivity contribution >= 4 is 23.2 Å². The van der Waals surface area contributed by atoms with Crippen molar-refractivity contribution in [3.63, 3.8) is 0 Å². The maximum absolute atomic E-state index is 13.3. The van der Waals surface area contributed by atoms with Crippen LogP contribution >= 0.6 is 23.2 Å². The van der Waals surface area contributed by atoms with Gasteiger partial charge in [0.25, 0.3) is 5.56 Å². The van der Waals surface area contributed by atoms with Gasteiger partial charge in [0.15, 0.2) is 0 Å². The Balaban J connectivity index is 1.60. The third-order valence-corrected chi connectivity index (χ3v) is 5.20. The van der Waals surface area contributed by atoms with Crippen LogP contribution in [-0.2, 0) is 19.5 Å². The van der Waals surface area contributed by atoms with Crippen LogP contribution < -0.4 is 5.56 Å². The predicted octanol–water partition coefficient (Wildman–Crippen LogP) is 4.44. The van der Waals surface area contributed by atoms with E-state index in [-0.39, 0.29) is 10.6 Å². The Hall–Kier alpha value is -2.21. The zero-order valence-electron chi connectivity index (χ0n) is 14.3. The highest BCUT2D eigenvalue weighted by Gasteiger charge is 2.21. The lowest BCUT2D eigenvalue weighted by atomic mass is 10.0. The van der Waals surface area contributed by atoms with E-state index in [4.69, 9.17) is 23.2 Å². The number of fused-ring (bicyclic) bond motifs is 1. The number of hydrogen-bond donors (Lipinski definition) is 1. The Morgan fingerprint density at radius 1 is 1.15 bits per heavy atom. The average molecular weight is 404 g/mol. The Labute approximate surface area is 165 Å². The molecular weight excluding hydrogens is 388 g/mol. The van der Waals surface area contributed by atoms with Gasteiger partial charge in [-0.2, -0.15) is 0 Å². The van der Waals surface area contributed by atoms with Crippen molar-refractivity contribution < 1.29 is 4.39 Å². The second-order valence-corrected chi connectivity index (χ2v) is 7.40. The summed E-state index contributed by atoms with van der Waals surface area (Å²) in [6, 6.07) is 11.9. The van der Waals surface area contributed by atoms with Gasteiger partial charge in [-0.05, 0) is 48.4 Å². The SMILES string of the molecule is O=c1[nH]c(-c2ccc(Cl)cc2)nc2c1CCN(Cc1ccc(F)c(Cl)c1)C2. The van der Waals surface area contributed by atoms with E-state index in [0.29, 0.717) is 30.4 Å². The number of aromatic amines is 1. The number of H-pyrrole nitrogens is 1. The normalized spacial score (nSPS) is 14.2. The van der Waals surface area contributed by atoms with Gasteiger partial charge >= 0.3 is 0 Å². The molecule has 0 bridgehead atoms. The minimum atomic E-state index is -0.426. The number of benzene rings is 2. The molecule has 0 amide bonds. The first-order chi connectivity index (χ1) is 13.0. The maximum Gasteiger partial charge on any atom is 0.254 e. The van der Waals surface area contributed by atoms with Crippen LogP contribution in [0.3, 0.4) is 0 Å². The summed E-state index contributed by atoms with van der Waals surface area (Å²) < 4.78 is 13.3. The van der Waals surface area contributed by atoms with Crippen LogP contribution in [0.5, 0.6) is 0 Å². The lowest BCUT2D eigenvalue weighted by Gasteiger charge is -2.27. The molecule has 1 aromatic heterocycles. The van der Waals surface area contributed by atoms with Crippen LogP contribution in [0.2, 0.25) is 10.0 Å². The van der Waals surface area contributed by atoms with Gasteiger partial charge in [-0.3, -0.25) is 9.69 Å². The molecule has 1 aliphatic rings. The molecule has 0 unspecified atom stereocenters. The molecule has 138 valence electrons. The molecule has 27 heavy (non-hydrogen) atoms. The fraction of sp³-hybridized carbons (Fsp3) is 0.200. The average Bonchev–Trinajstić information content (AvgIpc) is 2.65. The van der Waals surface area contributed by atoms with Crippen LogP contribution in [0.25, 0.3) is 11.4 Å². The van der Waals surface area contributed by atoms with E-state index in [0.717, 1.165) is 28.9 Å². The summed E-state index contributed by atoms with van der Waals surface area (Å²) in [5.74, 6) is 0.104. The zero-order chi connectivity index (χ0) is 19.0. The van der Waals surface area contributed by atoms with Crippen molar-refractivity contribution in [3.8, 4) is 11.4 Å². The number of nitrogens with zero attached hydrogens (tertiary/aromatic N) is 2. The number of rotatable bonds is 3. The van der Waals surface area contributed by atoms with Crippen LogP contribution in [-0.4, -0.2) is 21.4 Å². The molecular formula is C20H16Cl2FN3O. The van der Waals surface area contributed by atoms with Crippen molar-refractivity contribution in [1.82, 2.24) is 14.9 Å².